The second-order valence-electron chi connectivity index (χ2n) is 5.90. The van der Waals surface area contributed by atoms with E-state index in [1.807, 2.05) is 6.07 Å². The van der Waals surface area contributed by atoms with Crippen LogP contribution in [0, 0.1) is 0 Å². The highest BCUT2D eigenvalue weighted by Crippen LogP contribution is 2.32. The fourth-order valence-electron chi connectivity index (χ4n) is 2.56. The van der Waals surface area contributed by atoms with Gasteiger partial charge in [0.05, 0.1) is 5.56 Å². The van der Waals surface area contributed by atoms with Gasteiger partial charge in [-0.25, -0.2) is 4.79 Å². The average Bonchev–Trinajstić information content (AvgIpc) is 3.07. The summed E-state index contributed by atoms with van der Waals surface area (Å²) in [5.74, 6) is 1.28. The molecule has 0 fully saturated rings. The van der Waals surface area contributed by atoms with Crippen LogP contribution in [0.5, 0.6) is 11.5 Å². The van der Waals surface area contributed by atoms with Gasteiger partial charge in [-0.15, -0.1) is 0 Å². The number of ether oxygens (including phenoxy) is 2. The van der Waals surface area contributed by atoms with Gasteiger partial charge in [0.2, 0.25) is 6.79 Å². The molecule has 138 valence electrons. The van der Waals surface area contributed by atoms with E-state index in [2.05, 4.69) is 5.32 Å². The Morgan fingerprint density at radius 2 is 1.88 bits per heavy atom. The molecule has 0 radical (unpaired) electrons. The summed E-state index contributed by atoms with van der Waals surface area (Å²) in [7, 11) is 1.60. The molecule has 2 aromatic rings. The molecule has 0 spiro atoms. The zero-order valence-electron chi connectivity index (χ0n) is 14.0. The number of nitrogens with one attached hydrogen (secondary N) is 1. The number of halogens is 3. The second kappa shape index (κ2) is 7.15. The number of fused-ring (bicyclic) bond motifs is 1. The van der Waals surface area contributed by atoms with Crippen LogP contribution in [0.4, 0.5) is 18.0 Å². The number of nitrogens with zero attached hydrogens (tertiary/aromatic N) is 1. The minimum atomic E-state index is -4.41. The van der Waals surface area contributed by atoms with Gasteiger partial charge in [0.25, 0.3) is 0 Å². The van der Waals surface area contributed by atoms with Gasteiger partial charge in [-0.05, 0) is 35.4 Å². The lowest BCUT2D eigenvalue weighted by Crippen LogP contribution is -2.36. The van der Waals surface area contributed by atoms with Crippen molar-refractivity contribution in [1.29, 1.82) is 0 Å². The maximum Gasteiger partial charge on any atom is 0.416 e. The van der Waals surface area contributed by atoms with E-state index in [9.17, 15) is 18.0 Å². The molecule has 1 N–H and O–H groups in total. The number of alkyl halides is 3. The van der Waals surface area contributed by atoms with Crippen LogP contribution in [-0.2, 0) is 19.3 Å². The van der Waals surface area contributed by atoms with Gasteiger partial charge in [-0.2, -0.15) is 13.2 Å². The summed E-state index contributed by atoms with van der Waals surface area (Å²) in [6.07, 6.45) is -4.41. The Bertz CT molecular complexity index is 809. The monoisotopic (exact) mass is 366 g/mol. The molecule has 26 heavy (non-hydrogen) atoms. The maximum atomic E-state index is 12.7. The molecule has 3 rings (SSSR count). The molecule has 0 aromatic heterocycles. The Balaban J connectivity index is 1.56. The van der Waals surface area contributed by atoms with Gasteiger partial charge in [0.15, 0.2) is 11.5 Å². The van der Waals surface area contributed by atoms with Crippen molar-refractivity contribution < 1.29 is 27.4 Å². The van der Waals surface area contributed by atoms with Crippen LogP contribution in [0.25, 0.3) is 0 Å². The molecule has 0 saturated heterocycles. The Hall–Kier alpha value is -2.90. The molecule has 1 aliphatic heterocycles. The summed E-state index contributed by atoms with van der Waals surface area (Å²) < 4.78 is 48.7. The van der Waals surface area contributed by atoms with Crippen molar-refractivity contribution in [2.75, 3.05) is 13.8 Å². The lowest BCUT2D eigenvalue weighted by molar-refractivity contribution is -0.137. The molecular formula is C18H17F3N2O3. The third-order valence-electron chi connectivity index (χ3n) is 3.90. The van der Waals surface area contributed by atoms with Crippen LogP contribution in [0.1, 0.15) is 16.7 Å². The first-order valence-corrected chi connectivity index (χ1v) is 7.86. The van der Waals surface area contributed by atoms with E-state index in [0.29, 0.717) is 23.6 Å². The Morgan fingerprint density at radius 3 is 2.65 bits per heavy atom. The van der Waals surface area contributed by atoms with Gasteiger partial charge in [0.1, 0.15) is 0 Å². The van der Waals surface area contributed by atoms with Crippen molar-refractivity contribution >= 4 is 6.03 Å². The summed E-state index contributed by atoms with van der Waals surface area (Å²) >= 11 is 0. The molecule has 5 nitrogen and oxygen atoms in total. The van der Waals surface area contributed by atoms with Gasteiger partial charge >= 0.3 is 12.2 Å². The van der Waals surface area contributed by atoms with Crippen molar-refractivity contribution in [1.82, 2.24) is 10.2 Å². The number of hydrogen-bond donors (Lipinski definition) is 1. The normalized spacial score (nSPS) is 12.8. The fraction of sp³-hybridized carbons (Fsp3) is 0.278. The molecular weight excluding hydrogens is 349 g/mol. The smallest absolute Gasteiger partial charge is 0.416 e. The number of carbonyl (C=O) groups excluding carboxylic acids is 1. The van der Waals surface area contributed by atoms with E-state index in [1.54, 1.807) is 19.2 Å². The second-order valence-corrected chi connectivity index (χ2v) is 5.90. The van der Waals surface area contributed by atoms with Crippen molar-refractivity contribution in [3.05, 3.63) is 59.2 Å². The minimum Gasteiger partial charge on any atom is -0.454 e. The molecule has 1 aliphatic rings. The van der Waals surface area contributed by atoms with Crippen LogP contribution in [-0.4, -0.2) is 24.8 Å². The van der Waals surface area contributed by atoms with Crippen molar-refractivity contribution in [2.24, 2.45) is 0 Å². The highest BCUT2D eigenvalue weighted by atomic mass is 19.4. The molecule has 0 unspecified atom stereocenters. The first-order valence-electron chi connectivity index (χ1n) is 7.86. The van der Waals surface area contributed by atoms with E-state index >= 15 is 0 Å². The van der Waals surface area contributed by atoms with Crippen LogP contribution < -0.4 is 14.8 Å². The maximum absolute atomic E-state index is 12.7. The van der Waals surface area contributed by atoms with Crippen molar-refractivity contribution in [3.8, 4) is 11.5 Å². The van der Waals surface area contributed by atoms with Gasteiger partial charge < -0.3 is 19.7 Å². The first kappa shape index (κ1) is 17.9. The summed E-state index contributed by atoms with van der Waals surface area (Å²) in [6, 6.07) is 9.87. The summed E-state index contributed by atoms with van der Waals surface area (Å²) in [5.41, 5.74) is 0.494. The van der Waals surface area contributed by atoms with E-state index in [0.717, 1.165) is 17.7 Å². The largest absolute Gasteiger partial charge is 0.454 e. The quantitative estimate of drug-likeness (QED) is 0.896. The van der Waals surface area contributed by atoms with Gasteiger partial charge in [0, 0.05) is 20.1 Å². The predicted octanol–water partition coefficient (Wildman–Crippen LogP) is 3.78. The third-order valence-corrected chi connectivity index (χ3v) is 3.90. The molecule has 0 saturated carbocycles. The van der Waals surface area contributed by atoms with Gasteiger partial charge in [-0.1, -0.05) is 18.2 Å². The number of amides is 2. The molecule has 0 atom stereocenters. The number of rotatable bonds is 4. The fourth-order valence-corrected chi connectivity index (χ4v) is 2.56. The zero-order valence-corrected chi connectivity index (χ0v) is 14.0. The highest BCUT2D eigenvalue weighted by molar-refractivity contribution is 5.73. The third kappa shape index (κ3) is 4.19. The molecule has 0 aliphatic carbocycles. The number of urea groups is 1. The molecule has 2 aromatic carbocycles. The average molecular weight is 366 g/mol. The van der Waals surface area contributed by atoms with Crippen LogP contribution >= 0.6 is 0 Å². The Kier molecular flexibility index (Phi) is 4.92. The van der Waals surface area contributed by atoms with E-state index in [1.165, 1.54) is 17.0 Å². The summed E-state index contributed by atoms with van der Waals surface area (Å²) in [6.45, 7) is 0.505. The highest BCUT2D eigenvalue weighted by Gasteiger charge is 2.30. The zero-order chi connectivity index (χ0) is 18.7. The van der Waals surface area contributed by atoms with E-state index < -0.39 is 11.7 Å². The Morgan fingerprint density at radius 1 is 1.12 bits per heavy atom. The number of hydrogen-bond acceptors (Lipinski definition) is 3. The van der Waals surface area contributed by atoms with Crippen molar-refractivity contribution in [3.63, 3.8) is 0 Å². The minimum absolute atomic E-state index is 0.00817. The van der Waals surface area contributed by atoms with Crippen LogP contribution in [0.15, 0.2) is 42.5 Å². The number of carbonyl (C=O) groups is 1. The lowest BCUT2D eigenvalue weighted by Gasteiger charge is -2.18. The van der Waals surface area contributed by atoms with Crippen molar-refractivity contribution in [2.45, 2.75) is 19.3 Å². The van der Waals surface area contributed by atoms with Crippen LogP contribution in [0.3, 0.4) is 0 Å². The standard InChI is InChI=1S/C18H17F3N2O3/c1-23(10-13-5-6-15-16(8-13)26-11-25-15)17(24)22-9-12-3-2-4-14(7-12)18(19,20)21/h2-8H,9-11H2,1H3,(H,22,24). The first-order chi connectivity index (χ1) is 12.3. The van der Waals surface area contributed by atoms with E-state index in [4.69, 9.17) is 9.47 Å². The Labute approximate surface area is 148 Å². The van der Waals surface area contributed by atoms with E-state index in [-0.39, 0.29) is 19.4 Å². The lowest BCUT2D eigenvalue weighted by atomic mass is 10.1. The molecule has 1 heterocycles. The molecule has 8 heteroatoms. The topological polar surface area (TPSA) is 50.8 Å². The van der Waals surface area contributed by atoms with Gasteiger partial charge in [-0.3, -0.25) is 0 Å². The summed E-state index contributed by atoms with van der Waals surface area (Å²) in [5, 5.41) is 2.61. The summed E-state index contributed by atoms with van der Waals surface area (Å²) in [4.78, 5) is 13.6. The molecule has 0 bridgehead atoms. The number of benzene rings is 2. The predicted molar refractivity (Wildman–Crippen MR) is 87.7 cm³/mol. The SMILES string of the molecule is CN(Cc1ccc2c(c1)OCO2)C(=O)NCc1cccc(C(F)(F)F)c1. The van der Waals surface area contributed by atoms with Crippen LogP contribution in [0.2, 0.25) is 0 Å². The molecule has 2 amide bonds.